The third-order valence-electron chi connectivity index (χ3n) is 4.73. The zero-order chi connectivity index (χ0) is 22.0. The van der Waals surface area contributed by atoms with Crippen LogP contribution in [0.4, 0.5) is 5.69 Å². The first-order valence-corrected chi connectivity index (χ1v) is 10.4. The van der Waals surface area contributed by atoms with Gasteiger partial charge in [-0.3, -0.25) is 4.79 Å². The Bertz CT molecular complexity index is 1130. The number of hydrogen-bond donors (Lipinski definition) is 1. The van der Waals surface area contributed by atoms with Crippen molar-refractivity contribution in [1.29, 1.82) is 0 Å². The molecule has 0 spiro atoms. The Labute approximate surface area is 186 Å². The molecule has 3 aromatic carbocycles. The van der Waals surface area contributed by atoms with Gasteiger partial charge in [0.25, 0.3) is 0 Å². The van der Waals surface area contributed by atoms with E-state index in [4.69, 9.17) is 9.47 Å². The molecule has 0 bridgehead atoms. The molecule has 162 valence electrons. The highest BCUT2D eigenvalue weighted by Gasteiger charge is 2.08. The van der Waals surface area contributed by atoms with E-state index >= 15 is 0 Å². The second kappa shape index (κ2) is 10.8. The zero-order valence-electron chi connectivity index (χ0n) is 17.6. The summed E-state index contributed by atoms with van der Waals surface area (Å²) in [5.74, 6) is 1.31. The quantitative estimate of drug-likeness (QED) is 0.404. The maximum Gasteiger partial charge on any atom is 0.227 e. The van der Waals surface area contributed by atoms with Gasteiger partial charge in [0.2, 0.25) is 5.91 Å². The normalized spacial score (nSPS) is 10.5. The molecule has 0 aliphatic heterocycles. The summed E-state index contributed by atoms with van der Waals surface area (Å²) in [4.78, 5) is 16.3. The molecule has 0 saturated carbocycles. The van der Waals surface area contributed by atoms with Crippen LogP contribution >= 0.6 is 0 Å². The molecule has 1 aromatic heterocycles. The number of hydrogen-bond acceptors (Lipinski definition) is 5. The lowest BCUT2D eigenvalue weighted by Gasteiger charge is -2.12. The van der Waals surface area contributed by atoms with E-state index in [0.717, 1.165) is 16.9 Å². The fourth-order valence-electron chi connectivity index (χ4n) is 3.19. The van der Waals surface area contributed by atoms with E-state index in [1.807, 2.05) is 72.8 Å². The number of para-hydroxylation sites is 1. The van der Waals surface area contributed by atoms with Crippen molar-refractivity contribution >= 4 is 11.6 Å². The molecule has 4 rings (SSSR count). The molecular formula is C25H24N4O3. The van der Waals surface area contributed by atoms with Crippen molar-refractivity contribution < 1.29 is 14.3 Å². The number of nitrogens with zero attached hydrogens (tertiary/aromatic N) is 3. The number of amides is 1. The fraction of sp³-hybridized carbons (Fsp3) is 0.160. The highest BCUT2D eigenvalue weighted by Crippen LogP contribution is 2.29. The molecule has 0 unspecified atom stereocenters. The van der Waals surface area contributed by atoms with Crippen molar-refractivity contribution in [2.24, 2.45) is 0 Å². The Hall–Kier alpha value is -4.13. The Morgan fingerprint density at radius 1 is 0.906 bits per heavy atom. The molecule has 7 heteroatoms. The highest BCUT2D eigenvalue weighted by atomic mass is 16.5. The van der Waals surface area contributed by atoms with Crippen LogP contribution in [0.1, 0.15) is 6.42 Å². The molecule has 1 heterocycles. The number of rotatable bonds is 10. The number of anilines is 1. The first kappa shape index (κ1) is 21.1. The van der Waals surface area contributed by atoms with Gasteiger partial charge in [0, 0.05) is 17.3 Å². The largest absolute Gasteiger partial charge is 0.492 e. The summed E-state index contributed by atoms with van der Waals surface area (Å²) in [6.45, 7) is 1.33. The molecule has 0 atom stereocenters. The molecule has 0 aliphatic carbocycles. The van der Waals surface area contributed by atoms with E-state index in [1.165, 1.54) is 6.33 Å². The predicted octanol–water partition coefficient (Wildman–Crippen LogP) is 4.43. The number of benzene rings is 3. The Morgan fingerprint density at radius 2 is 1.75 bits per heavy atom. The number of carbonyl (C=O) groups is 1. The maximum atomic E-state index is 12.4. The second-order valence-corrected chi connectivity index (χ2v) is 7.04. The first-order valence-electron chi connectivity index (χ1n) is 10.4. The number of aromatic nitrogens is 3. The van der Waals surface area contributed by atoms with Gasteiger partial charge < -0.3 is 14.8 Å². The smallest absolute Gasteiger partial charge is 0.227 e. The van der Waals surface area contributed by atoms with Crippen LogP contribution in [-0.4, -0.2) is 33.9 Å². The molecular weight excluding hydrogens is 404 g/mol. The average molecular weight is 428 g/mol. The summed E-state index contributed by atoms with van der Waals surface area (Å²) in [6.07, 6.45) is 3.36. The van der Waals surface area contributed by atoms with Gasteiger partial charge in [-0.2, -0.15) is 5.10 Å². The summed E-state index contributed by atoms with van der Waals surface area (Å²) >= 11 is 0. The number of nitrogens with one attached hydrogen (secondary N) is 1. The minimum absolute atomic E-state index is 0.123. The van der Waals surface area contributed by atoms with Gasteiger partial charge in [0.1, 0.15) is 30.8 Å². The van der Waals surface area contributed by atoms with Crippen molar-refractivity contribution in [2.75, 3.05) is 18.5 Å². The number of carbonyl (C=O) groups excluding carboxylic acids is 1. The van der Waals surface area contributed by atoms with Crippen molar-refractivity contribution in [3.05, 3.63) is 91.5 Å². The lowest BCUT2D eigenvalue weighted by atomic mass is 10.1. The van der Waals surface area contributed by atoms with Crippen LogP contribution in [0, 0.1) is 0 Å². The maximum absolute atomic E-state index is 12.4. The zero-order valence-corrected chi connectivity index (χ0v) is 17.6. The average Bonchev–Trinajstić information content (AvgIpc) is 3.34. The minimum atomic E-state index is -0.123. The fourth-order valence-corrected chi connectivity index (χ4v) is 3.19. The minimum Gasteiger partial charge on any atom is -0.492 e. The first-order chi connectivity index (χ1) is 15.8. The van der Waals surface area contributed by atoms with Gasteiger partial charge >= 0.3 is 0 Å². The molecule has 1 amide bonds. The Kier molecular flexibility index (Phi) is 7.10. The molecule has 1 N–H and O–H groups in total. The SMILES string of the molecule is O=C(CCOc1ccccc1-c1ccccc1)Nc1cccc(OCCn2cncn2)c1. The molecule has 32 heavy (non-hydrogen) atoms. The van der Waals surface area contributed by atoms with Gasteiger partial charge in [0.15, 0.2) is 0 Å². The van der Waals surface area contributed by atoms with Crippen LogP contribution in [-0.2, 0) is 11.3 Å². The lowest BCUT2D eigenvalue weighted by molar-refractivity contribution is -0.116. The van der Waals surface area contributed by atoms with Crippen LogP contribution in [0.15, 0.2) is 91.5 Å². The van der Waals surface area contributed by atoms with Crippen LogP contribution in [0.25, 0.3) is 11.1 Å². The Balaban J connectivity index is 1.26. The van der Waals surface area contributed by atoms with Crippen LogP contribution < -0.4 is 14.8 Å². The van der Waals surface area contributed by atoms with E-state index in [-0.39, 0.29) is 18.9 Å². The monoisotopic (exact) mass is 428 g/mol. The summed E-state index contributed by atoms with van der Waals surface area (Å²) in [7, 11) is 0. The van der Waals surface area contributed by atoms with Gasteiger partial charge in [-0.25, -0.2) is 9.67 Å². The van der Waals surface area contributed by atoms with Crippen LogP contribution in [0.5, 0.6) is 11.5 Å². The molecule has 0 fully saturated rings. The molecule has 0 saturated heterocycles. The van der Waals surface area contributed by atoms with Crippen molar-refractivity contribution in [3.8, 4) is 22.6 Å². The van der Waals surface area contributed by atoms with E-state index in [1.54, 1.807) is 17.1 Å². The standard InChI is InChI=1S/C25H24N4O3/c30-25(13-15-32-24-12-5-4-11-23(24)20-7-2-1-3-8-20)28-21-9-6-10-22(17-21)31-16-14-29-19-26-18-27-29/h1-12,17-19H,13-16H2,(H,28,30). The summed E-state index contributed by atoms with van der Waals surface area (Å²) in [5.41, 5.74) is 2.76. The van der Waals surface area contributed by atoms with Gasteiger partial charge in [-0.1, -0.05) is 54.6 Å². The van der Waals surface area contributed by atoms with Crippen molar-refractivity contribution in [1.82, 2.24) is 14.8 Å². The van der Waals surface area contributed by atoms with Crippen molar-refractivity contribution in [3.63, 3.8) is 0 Å². The highest BCUT2D eigenvalue weighted by molar-refractivity contribution is 5.91. The van der Waals surface area contributed by atoms with E-state index in [0.29, 0.717) is 24.6 Å². The molecule has 0 radical (unpaired) electrons. The van der Waals surface area contributed by atoms with Crippen molar-refractivity contribution in [2.45, 2.75) is 13.0 Å². The van der Waals surface area contributed by atoms with Gasteiger partial charge in [-0.05, 0) is 23.8 Å². The summed E-state index contributed by atoms with van der Waals surface area (Å²) in [6, 6.07) is 25.2. The van der Waals surface area contributed by atoms with Crippen LogP contribution in [0.3, 0.4) is 0 Å². The summed E-state index contributed by atoms with van der Waals surface area (Å²) < 4.78 is 13.3. The van der Waals surface area contributed by atoms with Crippen LogP contribution in [0.2, 0.25) is 0 Å². The lowest BCUT2D eigenvalue weighted by Crippen LogP contribution is -2.15. The number of ether oxygens (including phenoxy) is 2. The topological polar surface area (TPSA) is 78.3 Å². The second-order valence-electron chi connectivity index (χ2n) is 7.04. The van der Waals surface area contributed by atoms with E-state index < -0.39 is 0 Å². The van der Waals surface area contributed by atoms with E-state index in [2.05, 4.69) is 15.4 Å². The summed E-state index contributed by atoms with van der Waals surface area (Å²) in [5, 5.41) is 6.93. The third kappa shape index (κ3) is 5.95. The third-order valence-corrected chi connectivity index (χ3v) is 4.73. The van der Waals surface area contributed by atoms with E-state index in [9.17, 15) is 4.79 Å². The predicted molar refractivity (Wildman–Crippen MR) is 123 cm³/mol. The molecule has 0 aliphatic rings. The van der Waals surface area contributed by atoms with Gasteiger partial charge in [-0.15, -0.1) is 0 Å². The van der Waals surface area contributed by atoms with Gasteiger partial charge in [0.05, 0.1) is 19.6 Å². The Morgan fingerprint density at radius 3 is 2.59 bits per heavy atom. The molecule has 7 nitrogen and oxygen atoms in total. The molecule has 4 aromatic rings.